The minimum absolute atomic E-state index is 0.190. The first-order valence-corrected chi connectivity index (χ1v) is 10.7. The number of rotatable bonds is 7. The van der Waals surface area contributed by atoms with Gasteiger partial charge >= 0.3 is 0 Å². The molecule has 3 heterocycles. The Kier molecular flexibility index (Phi) is 7.30. The molecule has 7 heteroatoms. The van der Waals surface area contributed by atoms with E-state index in [4.69, 9.17) is 11.6 Å². The van der Waals surface area contributed by atoms with Crippen LogP contribution in [0.5, 0.6) is 0 Å². The molecule has 1 N–H and O–H groups in total. The summed E-state index contributed by atoms with van der Waals surface area (Å²) in [6.45, 7) is 10.6. The number of likely N-dealkylation sites (tertiary alicyclic amines) is 1. The summed E-state index contributed by atoms with van der Waals surface area (Å²) in [5.41, 5.74) is 0.294. The van der Waals surface area contributed by atoms with E-state index in [9.17, 15) is 4.79 Å². The van der Waals surface area contributed by atoms with E-state index in [2.05, 4.69) is 38.9 Å². The fraction of sp³-hybridized carbons (Fsp3) is 0.750. The van der Waals surface area contributed by atoms with Gasteiger partial charge in [0.1, 0.15) is 0 Å². The monoisotopic (exact) mass is 393 g/mol. The van der Waals surface area contributed by atoms with Gasteiger partial charge in [-0.15, -0.1) is 0 Å². The van der Waals surface area contributed by atoms with Crippen molar-refractivity contribution in [1.82, 2.24) is 20.2 Å². The fourth-order valence-corrected chi connectivity index (χ4v) is 3.94. The van der Waals surface area contributed by atoms with E-state index in [1.807, 2.05) is 0 Å². The summed E-state index contributed by atoms with van der Waals surface area (Å²) in [6.07, 6.45) is 7.36. The highest BCUT2D eigenvalue weighted by Gasteiger charge is 2.22. The van der Waals surface area contributed by atoms with Gasteiger partial charge in [-0.2, -0.15) is 0 Å². The fourth-order valence-electron chi connectivity index (χ4n) is 3.76. The second-order valence-electron chi connectivity index (χ2n) is 8.24. The molecule has 0 unspecified atom stereocenters. The summed E-state index contributed by atoms with van der Waals surface area (Å²) >= 11 is 6.19. The molecule has 1 aromatic rings. The molecule has 0 aliphatic carbocycles. The first kappa shape index (κ1) is 20.3. The molecule has 2 aliphatic heterocycles. The third-order valence-corrected chi connectivity index (χ3v) is 5.89. The highest BCUT2D eigenvalue weighted by Crippen LogP contribution is 2.21. The van der Waals surface area contributed by atoms with Crippen LogP contribution in [0.15, 0.2) is 6.20 Å². The van der Waals surface area contributed by atoms with Crippen molar-refractivity contribution >= 4 is 23.5 Å². The van der Waals surface area contributed by atoms with Gasteiger partial charge in [0.25, 0.3) is 5.91 Å². The van der Waals surface area contributed by atoms with Crippen molar-refractivity contribution in [3.8, 4) is 0 Å². The van der Waals surface area contributed by atoms with Crippen molar-refractivity contribution in [2.75, 3.05) is 44.2 Å². The zero-order valence-corrected chi connectivity index (χ0v) is 17.3. The molecule has 0 radical (unpaired) electrons. The normalized spacial score (nSPS) is 19.0. The summed E-state index contributed by atoms with van der Waals surface area (Å²) in [7, 11) is 0. The van der Waals surface area contributed by atoms with Crippen molar-refractivity contribution in [1.29, 1.82) is 0 Å². The predicted molar refractivity (Wildman–Crippen MR) is 109 cm³/mol. The average molecular weight is 394 g/mol. The van der Waals surface area contributed by atoms with E-state index in [1.54, 1.807) is 6.20 Å². The molecule has 0 bridgehead atoms. The van der Waals surface area contributed by atoms with Gasteiger partial charge in [0.15, 0.2) is 5.69 Å². The number of nitrogens with zero attached hydrogens (tertiary/aromatic N) is 4. The summed E-state index contributed by atoms with van der Waals surface area (Å²) in [5, 5.41) is 3.36. The van der Waals surface area contributed by atoms with Crippen molar-refractivity contribution in [2.24, 2.45) is 11.8 Å². The number of halogens is 1. The number of nitrogens with one attached hydrogen (secondary N) is 1. The van der Waals surface area contributed by atoms with Crippen LogP contribution in [0.2, 0.25) is 5.02 Å². The van der Waals surface area contributed by atoms with Gasteiger partial charge in [0.05, 0.1) is 11.2 Å². The molecular formula is C20H32ClN5O. The number of hydrogen-bond donors (Lipinski definition) is 1. The average Bonchev–Trinajstić information content (AvgIpc) is 3.20. The molecule has 1 aromatic heterocycles. The highest BCUT2D eigenvalue weighted by molar-refractivity contribution is 6.33. The second kappa shape index (κ2) is 9.69. The van der Waals surface area contributed by atoms with Crippen LogP contribution in [0.3, 0.4) is 0 Å². The molecule has 0 atom stereocenters. The predicted octanol–water partition coefficient (Wildman–Crippen LogP) is 3.22. The molecule has 2 saturated heterocycles. The maximum absolute atomic E-state index is 12.6. The van der Waals surface area contributed by atoms with Gasteiger partial charge in [-0.3, -0.25) is 4.79 Å². The first-order valence-electron chi connectivity index (χ1n) is 10.3. The topological polar surface area (TPSA) is 61.4 Å². The summed E-state index contributed by atoms with van der Waals surface area (Å²) in [5.74, 6) is 1.71. The van der Waals surface area contributed by atoms with Gasteiger partial charge in [-0.05, 0) is 63.6 Å². The second-order valence-corrected chi connectivity index (χ2v) is 8.65. The maximum atomic E-state index is 12.6. The largest absolute Gasteiger partial charge is 0.350 e. The van der Waals surface area contributed by atoms with Crippen LogP contribution in [-0.4, -0.2) is 60.0 Å². The van der Waals surface area contributed by atoms with Gasteiger partial charge in [-0.1, -0.05) is 25.4 Å². The third-order valence-electron chi connectivity index (χ3n) is 5.62. The summed E-state index contributed by atoms with van der Waals surface area (Å²) in [6, 6.07) is 0. The third kappa shape index (κ3) is 5.79. The maximum Gasteiger partial charge on any atom is 0.271 e. The quantitative estimate of drug-likeness (QED) is 0.770. The van der Waals surface area contributed by atoms with Gasteiger partial charge in [0, 0.05) is 19.6 Å². The zero-order chi connectivity index (χ0) is 19.2. The molecule has 2 aliphatic rings. The number of carbonyl (C=O) groups is 1. The SMILES string of the molecule is CC(C)CCN1CCC(CNC(=O)c2nc(N3CCCC3)ncc2Cl)CC1. The molecule has 3 rings (SSSR count). The highest BCUT2D eigenvalue weighted by atomic mass is 35.5. The lowest BCUT2D eigenvalue weighted by atomic mass is 9.96. The smallest absolute Gasteiger partial charge is 0.271 e. The lowest BCUT2D eigenvalue weighted by Gasteiger charge is -2.32. The van der Waals surface area contributed by atoms with Crippen LogP contribution >= 0.6 is 11.6 Å². The molecule has 27 heavy (non-hydrogen) atoms. The number of carbonyl (C=O) groups excluding carboxylic acids is 1. The standard InChI is InChI=1S/C20H32ClN5O/c1-15(2)5-10-25-11-6-16(7-12-25)13-22-19(27)18-17(21)14-23-20(24-18)26-8-3-4-9-26/h14-16H,3-13H2,1-2H3,(H,22,27). The number of anilines is 1. The van der Waals surface area contributed by atoms with E-state index < -0.39 is 0 Å². The summed E-state index contributed by atoms with van der Waals surface area (Å²) < 4.78 is 0. The number of aromatic nitrogens is 2. The van der Waals surface area contributed by atoms with Crippen molar-refractivity contribution in [3.05, 3.63) is 16.9 Å². The Labute approximate surface area is 167 Å². The van der Waals surface area contributed by atoms with Crippen LogP contribution in [0, 0.1) is 11.8 Å². The Morgan fingerprint density at radius 1 is 1.26 bits per heavy atom. The molecule has 2 fully saturated rings. The van der Waals surface area contributed by atoms with E-state index in [1.165, 1.54) is 13.0 Å². The molecule has 6 nitrogen and oxygen atoms in total. The van der Waals surface area contributed by atoms with Crippen LogP contribution in [0.25, 0.3) is 0 Å². The lowest BCUT2D eigenvalue weighted by Crippen LogP contribution is -2.39. The molecular weight excluding hydrogens is 362 g/mol. The Balaban J connectivity index is 1.48. The molecule has 150 valence electrons. The molecule has 1 amide bonds. The Hall–Kier alpha value is -1.40. The van der Waals surface area contributed by atoms with E-state index in [0.717, 1.165) is 57.8 Å². The van der Waals surface area contributed by atoms with Crippen LogP contribution in [0.1, 0.15) is 56.4 Å². The van der Waals surface area contributed by atoms with Crippen LogP contribution in [0.4, 0.5) is 5.95 Å². The van der Waals surface area contributed by atoms with E-state index >= 15 is 0 Å². The zero-order valence-electron chi connectivity index (χ0n) is 16.6. The van der Waals surface area contributed by atoms with Crippen LogP contribution < -0.4 is 10.2 Å². The minimum Gasteiger partial charge on any atom is -0.350 e. The van der Waals surface area contributed by atoms with E-state index in [-0.39, 0.29) is 5.91 Å². The van der Waals surface area contributed by atoms with Crippen molar-refractivity contribution in [3.63, 3.8) is 0 Å². The molecule has 0 aromatic carbocycles. The minimum atomic E-state index is -0.190. The number of piperidine rings is 1. The Morgan fingerprint density at radius 2 is 1.96 bits per heavy atom. The van der Waals surface area contributed by atoms with Crippen molar-refractivity contribution in [2.45, 2.75) is 46.0 Å². The Bertz CT molecular complexity index is 625. The lowest BCUT2D eigenvalue weighted by molar-refractivity contribution is 0.0930. The number of hydrogen-bond acceptors (Lipinski definition) is 5. The Morgan fingerprint density at radius 3 is 2.63 bits per heavy atom. The molecule has 0 saturated carbocycles. The van der Waals surface area contributed by atoms with Gasteiger partial charge in [-0.25, -0.2) is 9.97 Å². The number of amides is 1. The van der Waals surface area contributed by atoms with Crippen LogP contribution in [-0.2, 0) is 0 Å². The molecule has 0 spiro atoms. The van der Waals surface area contributed by atoms with E-state index in [0.29, 0.717) is 29.1 Å². The summed E-state index contributed by atoms with van der Waals surface area (Å²) in [4.78, 5) is 26.0. The van der Waals surface area contributed by atoms with Gasteiger partial charge in [0.2, 0.25) is 5.95 Å². The first-order chi connectivity index (χ1) is 13.0. The van der Waals surface area contributed by atoms with Crippen molar-refractivity contribution < 1.29 is 4.79 Å². The van der Waals surface area contributed by atoms with Gasteiger partial charge < -0.3 is 15.1 Å².